The van der Waals surface area contributed by atoms with Crippen LogP contribution in [0.5, 0.6) is 0 Å². The minimum Gasteiger partial charge on any atom is -0.357 e. The summed E-state index contributed by atoms with van der Waals surface area (Å²) < 4.78 is 1.88. The topological polar surface area (TPSA) is 59.5 Å². The van der Waals surface area contributed by atoms with Crippen LogP contribution in [-0.2, 0) is 0 Å². The summed E-state index contributed by atoms with van der Waals surface area (Å²) in [4.78, 5) is 6.52. The van der Waals surface area contributed by atoms with E-state index in [1.54, 1.807) is 6.33 Å². The van der Waals surface area contributed by atoms with Gasteiger partial charge in [0.15, 0.2) is 5.65 Å². The van der Waals surface area contributed by atoms with Crippen molar-refractivity contribution in [1.82, 2.24) is 14.6 Å². The fourth-order valence-corrected chi connectivity index (χ4v) is 1.98. The quantitative estimate of drug-likeness (QED) is 0.843. The van der Waals surface area contributed by atoms with Crippen LogP contribution in [0.2, 0.25) is 0 Å². The van der Waals surface area contributed by atoms with Gasteiger partial charge in [-0.25, -0.2) is 4.98 Å². The van der Waals surface area contributed by atoms with Crippen molar-refractivity contribution >= 4 is 11.5 Å². The molecule has 0 fully saturated rings. The molecule has 0 amide bonds. The molecular weight excluding hydrogens is 214 g/mol. The molecule has 2 N–H and O–H groups in total. The third kappa shape index (κ3) is 2.39. The highest BCUT2D eigenvalue weighted by Gasteiger charge is 2.10. The maximum Gasteiger partial charge on any atom is 0.157 e. The molecule has 2 aromatic rings. The van der Waals surface area contributed by atoms with Gasteiger partial charge in [0.1, 0.15) is 12.1 Å². The Balaban J connectivity index is 2.40. The molecule has 92 valence electrons. The molecule has 2 rings (SSSR count). The number of fused-ring (bicyclic) bond motifs is 1. The lowest BCUT2D eigenvalue weighted by molar-refractivity contribution is 0.728. The number of hydrogen-bond acceptors (Lipinski definition) is 4. The van der Waals surface area contributed by atoms with Gasteiger partial charge in [-0.05, 0) is 44.5 Å². The third-order valence-corrected chi connectivity index (χ3v) is 2.84. The van der Waals surface area contributed by atoms with Crippen molar-refractivity contribution in [2.24, 2.45) is 5.73 Å². The van der Waals surface area contributed by atoms with Gasteiger partial charge in [-0.2, -0.15) is 9.61 Å². The number of anilines is 1. The maximum atomic E-state index is 5.57. The zero-order valence-electron chi connectivity index (χ0n) is 10.4. The largest absolute Gasteiger partial charge is 0.357 e. The average molecular weight is 233 g/mol. The van der Waals surface area contributed by atoms with E-state index in [0.29, 0.717) is 6.54 Å². The standard InChI is InChI=1S/C12H19N5/c1-3-16(6-4-5-13)12-8-10(2)7-11-14-9-15-17(11)12/h7-9H,3-6,13H2,1-2H3. The van der Waals surface area contributed by atoms with E-state index in [4.69, 9.17) is 5.73 Å². The first-order valence-corrected chi connectivity index (χ1v) is 6.01. The van der Waals surface area contributed by atoms with Crippen molar-refractivity contribution in [2.45, 2.75) is 20.3 Å². The van der Waals surface area contributed by atoms with Gasteiger partial charge in [0.25, 0.3) is 0 Å². The second kappa shape index (κ2) is 5.14. The number of pyridine rings is 1. The van der Waals surface area contributed by atoms with Crippen molar-refractivity contribution in [1.29, 1.82) is 0 Å². The molecule has 0 aliphatic carbocycles. The Morgan fingerprint density at radius 3 is 2.94 bits per heavy atom. The highest BCUT2D eigenvalue weighted by atomic mass is 15.4. The molecule has 0 aliphatic heterocycles. The normalized spacial score (nSPS) is 11.0. The molecule has 0 unspecified atom stereocenters. The molecule has 17 heavy (non-hydrogen) atoms. The first kappa shape index (κ1) is 11.9. The lowest BCUT2D eigenvalue weighted by Gasteiger charge is -2.23. The van der Waals surface area contributed by atoms with E-state index in [0.717, 1.165) is 31.0 Å². The van der Waals surface area contributed by atoms with E-state index < -0.39 is 0 Å². The van der Waals surface area contributed by atoms with Gasteiger partial charge in [0.2, 0.25) is 0 Å². The van der Waals surface area contributed by atoms with Crippen molar-refractivity contribution in [3.8, 4) is 0 Å². The Kier molecular flexibility index (Phi) is 3.58. The van der Waals surface area contributed by atoms with Gasteiger partial charge in [-0.3, -0.25) is 0 Å². The average Bonchev–Trinajstić information content (AvgIpc) is 2.77. The van der Waals surface area contributed by atoms with E-state index in [-0.39, 0.29) is 0 Å². The van der Waals surface area contributed by atoms with Gasteiger partial charge in [0.05, 0.1) is 0 Å². The summed E-state index contributed by atoms with van der Waals surface area (Å²) in [6, 6.07) is 4.18. The molecule has 0 saturated carbocycles. The fourth-order valence-electron chi connectivity index (χ4n) is 1.98. The Morgan fingerprint density at radius 2 is 2.24 bits per heavy atom. The third-order valence-electron chi connectivity index (χ3n) is 2.84. The first-order chi connectivity index (χ1) is 8.26. The van der Waals surface area contributed by atoms with Crippen LogP contribution >= 0.6 is 0 Å². The smallest absolute Gasteiger partial charge is 0.157 e. The molecule has 0 spiro atoms. The van der Waals surface area contributed by atoms with Gasteiger partial charge in [-0.15, -0.1) is 0 Å². The molecule has 0 radical (unpaired) electrons. The molecule has 5 nitrogen and oxygen atoms in total. The molecule has 2 heterocycles. The summed E-state index contributed by atoms with van der Waals surface area (Å²) in [7, 11) is 0. The summed E-state index contributed by atoms with van der Waals surface area (Å²) in [5, 5.41) is 4.27. The monoisotopic (exact) mass is 233 g/mol. The number of aromatic nitrogens is 3. The zero-order chi connectivity index (χ0) is 12.3. The van der Waals surface area contributed by atoms with Gasteiger partial charge >= 0.3 is 0 Å². The molecular formula is C12H19N5. The summed E-state index contributed by atoms with van der Waals surface area (Å²) >= 11 is 0. The Labute approximate surface area is 101 Å². The van der Waals surface area contributed by atoms with E-state index in [9.17, 15) is 0 Å². The van der Waals surface area contributed by atoms with Crippen molar-refractivity contribution in [2.75, 3.05) is 24.5 Å². The van der Waals surface area contributed by atoms with Crippen LogP contribution in [0.3, 0.4) is 0 Å². The molecule has 2 aromatic heterocycles. The van der Waals surface area contributed by atoms with E-state index in [2.05, 4.69) is 34.9 Å². The van der Waals surface area contributed by atoms with Crippen LogP contribution in [0.1, 0.15) is 18.9 Å². The Hall–Kier alpha value is -1.62. The molecule has 0 bridgehead atoms. The van der Waals surface area contributed by atoms with Crippen molar-refractivity contribution in [3.63, 3.8) is 0 Å². The Bertz CT molecular complexity index is 491. The zero-order valence-corrected chi connectivity index (χ0v) is 10.4. The summed E-state index contributed by atoms with van der Waals surface area (Å²) in [5.74, 6) is 1.09. The fraction of sp³-hybridized carbons (Fsp3) is 0.500. The van der Waals surface area contributed by atoms with Crippen molar-refractivity contribution < 1.29 is 0 Å². The number of aryl methyl sites for hydroxylation is 1. The van der Waals surface area contributed by atoms with Gasteiger partial charge in [-0.1, -0.05) is 0 Å². The predicted molar refractivity (Wildman–Crippen MR) is 69.3 cm³/mol. The SMILES string of the molecule is CCN(CCCN)c1cc(C)cc2ncnn12. The molecule has 0 atom stereocenters. The van der Waals surface area contributed by atoms with E-state index in [1.165, 1.54) is 5.56 Å². The van der Waals surface area contributed by atoms with Crippen LogP contribution in [-0.4, -0.2) is 34.2 Å². The second-order valence-corrected chi connectivity index (χ2v) is 4.14. The second-order valence-electron chi connectivity index (χ2n) is 4.14. The van der Waals surface area contributed by atoms with Crippen LogP contribution in [0.15, 0.2) is 18.5 Å². The summed E-state index contributed by atoms with van der Waals surface area (Å²) in [6.45, 7) is 6.82. The number of nitrogens with two attached hydrogens (primary N) is 1. The number of hydrogen-bond donors (Lipinski definition) is 1. The molecule has 0 saturated heterocycles. The number of rotatable bonds is 5. The lowest BCUT2D eigenvalue weighted by atomic mass is 10.2. The van der Waals surface area contributed by atoms with Gasteiger partial charge < -0.3 is 10.6 Å². The lowest BCUT2D eigenvalue weighted by Crippen LogP contribution is -2.27. The first-order valence-electron chi connectivity index (χ1n) is 6.01. The molecule has 0 aromatic carbocycles. The van der Waals surface area contributed by atoms with Crippen molar-refractivity contribution in [3.05, 3.63) is 24.0 Å². The van der Waals surface area contributed by atoms with Crippen LogP contribution in [0.25, 0.3) is 5.65 Å². The maximum absolute atomic E-state index is 5.57. The molecule has 5 heteroatoms. The molecule has 0 aliphatic rings. The van der Waals surface area contributed by atoms with Crippen LogP contribution < -0.4 is 10.6 Å². The number of nitrogens with zero attached hydrogens (tertiary/aromatic N) is 4. The highest BCUT2D eigenvalue weighted by Crippen LogP contribution is 2.17. The van der Waals surface area contributed by atoms with E-state index in [1.807, 2.05) is 10.6 Å². The predicted octanol–water partition coefficient (Wildman–Crippen LogP) is 1.21. The minimum atomic E-state index is 0.711. The summed E-state index contributed by atoms with van der Waals surface area (Å²) in [5.41, 5.74) is 7.67. The highest BCUT2D eigenvalue weighted by molar-refractivity contribution is 5.52. The van der Waals surface area contributed by atoms with Gasteiger partial charge in [0, 0.05) is 13.1 Å². The van der Waals surface area contributed by atoms with Crippen LogP contribution in [0.4, 0.5) is 5.82 Å². The Morgan fingerprint density at radius 1 is 1.41 bits per heavy atom. The van der Waals surface area contributed by atoms with Crippen LogP contribution in [0, 0.1) is 6.92 Å². The summed E-state index contributed by atoms with van der Waals surface area (Å²) in [6.07, 6.45) is 2.58. The van der Waals surface area contributed by atoms with E-state index >= 15 is 0 Å². The minimum absolute atomic E-state index is 0.711.